The van der Waals surface area contributed by atoms with Crippen molar-refractivity contribution >= 4 is 40.9 Å². The van der Waals surface area contributed by atoms with E-state index >= 15 is 0 Å². The minimum Gasteiger partial charge on any atom is -0.462 e. The highest BCUT2D eigenvalue weighted by atomic mass is 32.2. The Hall–Kier alpha value is -3.39. The normalized spacial score (nSPS) is 15.0. The van der Waals surface area contributed by atoms with E-state index in [1.807, 2.05) is 19.1 Å². The van der Waals surface area contributed by atoms with Gasteiger partial charge in [0.1, 0.15) is 12.3 Å². The second-order valence-corrected chi connectivity index (χ2v) is 8.09. The lowest BCUT2D eigenvalue weighted by Crippen LogP contribution is -2.35. The molecule has 0 radical (unpaired) electrons. The van der Waals surface area contributed by atoms with Crippen LogP contribution in [0.5, 0.6) is 5.75 Å². The van der Waals surface area contributed by atoms with E-state index in [2.05, 4.69) is 0 Å². The number of esters is 2. The summed E-state index contributed by atoms with van der Waals surface area (Å²) in [6.45, 7) is 4.82. The number of nitrogens with zero attached hydrogens (tertiary/aromatic N) is 1. The third-order valence-electron chi connectivity index (χ3n) is 4.22. The van der Waals surface area contributed by atoms with Crippen molar-refractivity contribution in [2.45, 2.75) is 26.9 Å². The van der Waals surface area contributed by atoms with Crippen LogP contribution in [0, 0.1) is 6.92 Å². The Morgan fingerprint density at radius 3 is 2.42 bits per heavy atom. The number of thioether (sulfide) groups is 1. The molecule has 31 heavy (non-hydrogen) atoms. The Bertz CT molecular complexity index is 1060. The number of hydrogen-bond donors (Lipinski definition) is 0. The fourth-order valence-corrected chi connectivity index (χ4v) is 3.58. The summed E-state index contributed by atoms with van der Waals surface area (Å²) in [5.74, 6) is -1.55. The van der Waals surface area contributed by atoms with Crippen LogP contribution in [-0.2, 0) is 14.3 Å². The lowest BCUT2D eigenvalue weighted by Gasteiger charge is -2.13. The molecule has 3 rings (SSSR count). The zero-order chi connectivity index (χ0) is 22.5. The van der Waals surface area contributed by atoms with E-state index in [9.17, 15) is 19.2 Å². The summed E-state index contributed by atoms with van der Waals surface area (Å²) in [6.07, 6.45) is 1.12. The van der Waals surface area contributed by atoms with E-state index in [4.69, 9.17) is 9.47 Å². The van der Waals surface area contributed by atoms with Gasteiger partial charge in [-0.2, -0.15) is 0 Å². The molecular formula is C23H21NO6S. The highest BCUT2D eigenvalue weighted by Crippen LogP contribution is 2.34. The maximum Gasteiger partial charge on any atom is 0.343 e. The maximum absolute atomic E-state index is 12.6. The molecule has 1 aliphatic rings. The van der Waals surface area contributed by atoms with E-state index in [1.54, 1.807) is 50.2 Å². The summed E-state index contributed by atoms with van der Waals surface area (Å²) in [4.78, 5) is 50.1. The number of aryl methyl sites for hydroxylation is 1. The van der Waals surface area contributed by atoms with Crippen molar-refractivity contribution in [1.29, 1.82) is 0 Å². The molecule has 1 aliphatic heterocycles. The highest BCUT2D eigenvalue weighted by molar-refractivity contribution is 8.18. The van der Waals surface area contributed by atoms with Gasteiger partial charge in [-0.15, -0.1) is 0 Å². The molecule has 0 bridgehead atoms. The SMILES string of the molecule is Cc1ccc(C(=O)Oc2ccccc2/C=C2\SC(=O)N(CC(=O)OC(C)C)C2=O)cc1. The van der Waals surface area contributed by atoms with Crippen LogP contribution < -0.4 is 4.74 Å². The lowest BCUT2D eigenvalue weighted by molar-refractivity contribution is -0.149. The van der Waals surface area contributed by atoms with Gasteiger partial charge in [-0.25, -0.2) is 4.79 Å². The summed E-state index contributed by atoms with van der Waals surface area (Å²) in [5, 5.41) is -0.564. The smallest absolute Gasteiger partial charge is 0.343 e. The van der Waals surface area contributed by atoms with Gasteiger partial charge in [0, 0.05) is 5.56 Å². The van der Waals surface area contributed by atoms with Crippen LogP contribution in [0.2, 0.25) is 0 Å². The number of imide groups is 1. The molecule has 2 aromatic rings. The van der Waals surface area contributed by atoms with Crippen LogP contribution in [0.25, 0.3) is 6.08 Å². The third-order valence-corrected chi connectivity index (χ3v) is 5.13. The lowest BCUT2D eigenvalue weighted by atomic mass is 10.1. The van der Waals surface area contributed by atoms with Gasteiger partial charge in [-0.3, -0.25) is 19.3 Å². The number of carbonyl (C=O) groups excluding carboxylic acids is 4. The zero-order valence-electron chi connectivity index (χ0n) is 17.3. The molecule has 2 amide bonds. The predicted octanol–water partition coefficient (Wildman–Crippen LogP) is 4.20. The van der Waals surface area contributed by atoms with E-state index in [-0.39, 0.29) is 16.8 Å². The topological polar surface area (TPSA) is 90.0 Å². The molecule has 0 atom stereocenters. The molecule has 0 saturated carbocycles. The molecule has 1 saturated heterocycles. The van der Waals surface area contributed by atoms with Crippen molar-refractivity contribution in [3.8, 4) is 5.75 Å². The van der Waals surface area contributed by atoms with E-state index in [0.717, 1.165) is 10.5 Å². The first kappa shape index (κ1) is 22.3. The average molecular weight is 439 g/mol. The van der Waals surface area contributed by atoms with Crippen LogP contribution in [-0.4, -0.2) is 40.6 Å². The Balaban J connectivity index is 1.78. The van der Waals surface area contributed by atoms with Crippen molar-refractivity contribution in [3.63, 3.8) is 0 Å². The van der Waals surface area contributed by atoms with Crippen LogP contribution in [0.1, 0.15) is 35.3 Å². The number of rotatable bonds is 6. The van der Waals surface area contributed by atoms with Crippen LogP contribution in [0.15, 0.2) is 53.4 Å². The minimum absolute atomic E-state index is 0.126. The van der Waals surface area contributed by atoms with Gasteiger partial charge in [0.15, 0.2) is 0 Å². The summed E-state index contributed by atoms with van der Waals surface area (Å²) >= 11 is 0.713. The van der Waals surface area contributed by atoms with Gasteiger partial charge < -0.3 is 9.47 Å². The molecular weight excluding hydrogens is 418 g/mol. The summed E-state index contributed by atoms with van der Waals surface area (Å²) < 4.78 is 10.5. The van der Waals surface area contributed by atoms with Gasteiger partial charge in [0.2, 0.25) is 0 Å². The first-order valence-electron chi connectivity index (χ1n) is 9.57. The van der Waals surface area contributed by atoms with Crippen LogP contribution >= 0.6 is 11.8 Å². The van der Waals surface area contributed by atoms with Gasteiger partial charge in [-0.1, -0.05) is 35.9 Å². The second-order valence-electron chi connectivity index (χ2n) is 7.10. The molecule has 7 nitrogen and oxygen atoms in total. The van der Waals surface area contributed by atoms with Gasteiger partial charge >= 0.3 is 11.9 Å². The molecule has 0 spiro atoms. The van der Waals surface area contributed by atoms with Crippen molar-refractivity contribution < 1.29 is 28.7 Å². The molecule has 0 aliphatic carbocycles. The van der Waals surface area contributed by atoms with Crippen molar-refractivity contribution in [2.24, 2.45) is 0 Å². The summed E-state index contributed by atoms with van der Waals surface area (Å²) in [6, 6.07) is 13.6. The fraction of sp³-hybridized carbons (Fsp3) is 0.217. The molecule has 0 N–H and O–H groups in total. The zero-order valence-corrected chi connectivity index (χ0v) is 18.1. The van der Waals surface area contributed by atoms with E-state index < -0.39 is 29.6 Å². The van der Waals surface area contributed by atoms with Crippen molar-refractivity contribution in [3.05, 3.63) is 70.1 Å². The van der Waals surface area contributed by atoms with Crippen LogP contribution in [0.3, 0.4) is 0 Å². The largest absolute Gasteiger partial charge is 0.462 e. The van der Waals surface area contributed by atoms with Crippen molar-refractivity contribution in [2.75, 3.05) is 6.54 Å². The van der Waals surface area contributed by atoms with Gasteiger partial charge in [0.05, 0.1) is 16.6 Å². The second kappa shape index (κ2) is 9.61. The molecule has 1 fully saturated rings. The van der Waals surface area contributed by atoms with Crippen LogP contribution in [0.4, 0.5) is 4.79 Å². The monoisotopic (exact) mass is 439 g/mol. The Morgan fingerprint density at radius 1 is 1.06 bits per heavy atom. The van der Waals surface area contributed by atoms with Crippen molar-refractivity contribution in [1.82, 2.24) is 4.90 Å². The molecule has 8 heteroatoms. The fourth-order valence-electron chi connectivity index (χ4n) is 2.75. The average Bonchev–Trinajstić information content (AvgIpc) is 2.96. The number of ether oxygens (including phenoxy) is 2. The minimum atomic E-state index is -0.661. The Kier molecular flexibility index (Phi) is 6.91. The molecule has 2 aromatic carbocycles. The number of amides is 2. The molecule has 0 aromatic heterocycles. The van der Waals surface area contributed by atoms with E-state index in [0.29, 0.717) is 22.9 Å². The Morgan fingerprint density at radius 2 is 1.74 bits per heavy atom. The first-order chi connectivity index (χ1) is 14.7. The summed E-state index contributed by atoms with van der Waals surface area (Å²) in [5.41, 5.74) is 1.87. The van der Waals surface area contributed by atoms with Gasteiger partial charge in [0.25, 0.3) is 11.1 Å². The Labute approximate surface area is 184 Å². The third kappa shape index (κ3) is 5.61. The van der Waals surface area contributed by atoms with Gasteiger partial charge in [-0.05, 0) is 56.8 Å². The number of carbonyl (C=O) groups is 4. The molecule has 160 valence electrons. The number of hydrogen-bond acceptors (Lipinski definition) is 7. The number of para-hydroxylation sites is 1. The molecule has 0 unspecified atom stereocenters. The standard InChI is InChI=1S/C23H21NO6S/c1-14(2)29-20(25)13-24-21(26)19(31-23(24)28)12-17-6-4-5-7-18(17)30-22(27)16-10-8-15(3)9-11-16/h4-12,14H,13H2,1-3H3/b19-12-. The predicted molar refractivity (Wildman–Crippen MR) is 116 cm³/mol. The quantitative estimate of drug-likeness (QED) is 0.378. The molecule has 1 heterocycles. The maximum atomic E-state index is 12.6. The summed E-state index contributed by atoms with van der Waals surface area (Å²) in [7, 11) is 0. The highest BCUT2D eigenvalue weighted by Gasteiger charge is 2.37. The van der Waals surface area contributed by atoms with E-state index in [1.165, 1.54) is 6.08 Å². The first-order valence-corrected chi connectivity index (χ1v) is 10.4. The number of benzene rings is 2.